The van der Waals surface area contributed by atoms with Crippen molar-refractivity contribution in [3.63, 3.8) is 0 Å². The number of rotatable bonds is 3. The van der Waals surface area contributed by atoms with Gasteiger partial charge in [-0.1, -0.05) is 159 Å². The Bertz CT molecular complexity index is 3300. The van der Waals surface area contributed by atoms with Gasteiger partial charge in [-0.05, 0) is 191 Å². The molecule has 4 heterocycles. The van der Waals surface area contributed by atoms with Gasteiger partial charge in [-0.3, -0.25) is 0 Å². The van der Waals surface area contributed by atoms with Crippen LogP contribution in [0, 0.1) is 23.7 Å². The molecule has 70 heavy (non-hydrogen) atoms. The minimum absolute atomic E-state index is 0.00574. The van der Waals surface area contributed by atoms with Crippen molar-refractivity contribution in [1.82, 2.24) is 0 Å². The van der Waals surface area contributed by atoms with Crippen LogP contribution in [0.2, 0.25) is 0 Å². The highest BCUT2D eigenvalue weighted by Crippen LogP contribution is 2.60. The monoisotopic (exact) mass is 941 g/mol. The van der Waals surface area contributed by atoms with Gasteiger partial charge in [0.15, 0.2) is 0 Å². The zero-order valence-electron chi connectivity index (χ0n) is 45.6. The number of benzene rings is 5. The Morgan fingerprint density at radius 3 is 1.83 bits per heavy atom. The van der Waals surface area contributed by atoms with Crippen molar-refractivity contribution in [3.05, 3.63) is 147 Å². The minimum atomic E-state index is -0.112. The predicted octanol–water partition coefficient (Wildman–Crippen LogP) is 16.9. The van der Waals surface area contributed by atoms with Crippen molar-refractivity contribution >= 4 is 78.0 Å². The SMILES string of the molecule is Cc1cc2c3c(c1)N(c1ccc(C(C)(C)C)cc1C1C=C4C(=CC1C)C(C)(C)CCC4(C)C)c1sc4cc5c6cc4c1B3c1cc(ccc1N2c1ccc(C(C)(C)C)cc1)C(C)(C)C6(C)CCC5(C)C. The molecule has 1 saturated carbocycles. The molecule has 5 aromatic carbocycles. The molecule has 12 rings (SSSR count). The Morgan fingerprint density at radius 1 is 0.571 bits per heavy atom. The summed E-state index contributed by atoms with van der Waals surface area (Å²) in [6.45, 7) is 41.8. The molecule has 0 amide bonds. The van der Waals surface area contributed by atoms with E-state index in [1.807, 2.05) is 0 Å². The number of anilines is 6. The van der Waals surface area contributed by atoms with E-state index in [4.69, 9.17) is 0 Å². The van der Waals surface area contributed by atoms with Crippen LogP contribution >= 0.6 is 11.3 Å². The van der Waals surface area contributed by atoms with E-state index in [-0.39, 0.29) is 50.5 Å². The first-order valence-electron chi connectivity index (χ1n) is 26.8. The van der Waals surface area contributed by atoms with Crippen LogP contribution in [-0.2, 0) is 27.1 Å². The van der Waals surface area contributed by atoms with Gasteiger partial charge in [0.1, 0.15) is 0 Å². The summed E-state index contributed by atoms with van der Waals surface area (Å²) in [5.41, 5.74) is 24.3. The third kappa shape index (κ3) is 6.35. The summed E-state index contributed by atoms with van der Waals surface area (Å²) >= 11 is 2.06. The molecule has 360 valence electrons. The average Bonchev–Trinajstić information content (AvgIpc) is 3.65. The molecule has 0 spiro atoms. The highest BCUT2D eigenvalue weighted by Gasteiger charge is 2.53. The van der Waals surface area contributed by atoms with E-state index >= 15 is 0 Å². The van der Waals surface area contributed by atoms with Crippen LogP contribution in [0.15, 0.2) is 108 Å². The Hall–Kier alpha value is -4.80. The molecule has 4 heteroatoms. The molecule has 3 atom stereocenters. The number of fused-ring (bicyclic) bond motifs is 2. The molecule has 4 bridgehead atoms. The number of hydrogen-bond donors (Lipinski definition) is 0. The van der Waals surface area contributed by atoms with Crippen LogP contribution < -0.4 is 26.2 Å². The fourth-order valence-electron chi connectivity index (χ4n) is 14.4. The van der Waals surface area contributed by atoms with E-state index in [2.05, 4.69) is 236 Å². The van der Waals surface area contributed by atoms with Gasteiger partial charge in [0, 0.05) is 38.8 Å². The third-order valence-electron chi connectivity index (χ3n) is 19.6. The molecule has 2 nitrogen and oxygen atoms in total. The van der Waals surface area contributed by atoms with E-state index < -0.39 is 0 Å². The third-order valence-corrected chi connectivity index (χ3v) is 20.7. The second-order valence-electron chi connectivity index (χ2n) is 27.8. The van der Waals surface area contributed by atoms with Crippen molar-refractivity contribution in [2.24, 2.45) is 16.7 Å². The lowest BCUT2D eigenvalue weighted by molar-refractivity contribution is 0.208. The van der Waals surface area contributed by atoms with Gasteiger partial charge in [0.2, 0.25) is 0 Å². The Kier molecular flexibility index (Phi) is 9.56. The van der Waals surface area contributed by atoms with E-state index in [0.29, 0.717) is 5.92 Å². The number of nitrogens with zero attached hydrogens (tertiary/aromatic N) is 2. The van der Waals surface area contributed by atoms with Gasteiger partial charge < -0.3 is 9.80 Å². The van der Waals surface area contributed by atoms with Gasteiger partial charge in [-0.25, -0.2) is 0 Å². The van der Waals surface area contributed by atoms with Gasteiger partial charge in [0.05, 0.1) is 10.7 Å². The Labute approximate surface area is 425 Å². The van der Waals surface area contributed by atoms with Gasteiger partial charge >= 0.3 is 0 Å². The Balaban J connectivity index is 1.20. The van der Waals surface area contributed by atoms with Crippen LogP contribution in [0.25, 0.3) is 10.1 Å². The van der Waals surface area contributed by atoms with E-state index in [1.54, 1.807) is 22.3 Å². The van der Waals surface area contributed by atoms with Crippen LogP contribution in [0.5, 0.6) is 0 Å². The largest absolute Gasteiger partial charge is 0.311 e. The maximum Gasteiger partial charge on any atom is 0.254 e. The molecule has 6 aromatic rings. The van der Waals surface area contributed by atoms with Crippen molar-refractivity contribution in [2.45, 2.75) is 176 Å². The number of hydrogen-bond acceptors (Lipinski definition) is 3. The number of thiophene rings is 1. The summed E-state index contributed by atoms with van der Waals surface area (Å²) in [4.78, 5) is 5.43. The zero-order valence-corrected chi connectivity index (χ0v) is 46.4. The van der Waals surface area contributed by atoms with Crippen molar-refractivity contribution in [3.8, 4) is 0 Å². The molecule has 1 fully saturated rings. The quantitative estimate of drug-likeness (QED) is 0.163. The number of aryl methyl sites for hydroxylation is 1. The smallest absolute Gasteiger partial charge is 0.254 e. The summed E-state index contributed by atoms with van der Waals surface area (Å²) in [6, 6.07) is 35.3. The molecule has 1 aromatic heterocycles. The normalized spacial score (nSPS) is 24.2. The van der Waals surface area contributed by atoms with Crippen molar-refractivity contribution in [2.75, 3.05) is 9.80 Å². The predicted molar refractivity (Wildman–Crippen MR) is 305 cm³/mol. The summed E-state index contributed by atoms with van der Waals surface area (Å²) in [5, 5.41) is 2.84. The van der Waals surface area contributed by atoms with Gasteiger partial charge in [0.25, 0.3) is 6.71 Å². The summed E-state index contributed by atoms with van der Waals surface area (Å²) in [6.07, 6.45) is 10.2. The molecular weight excluding hydrogens is 864 g/mol. The fourth-order valence-corrected chi connectivity index (χ4v) is 15.6. The molecule has 3 aliphatic carbocycles. The lowest BCUT2D eigenvalue weighted by Gasteiger charge is -2.53. The fraction of sp³-hybridized carbons (Fsp3) is 0.455. The maximum absolute atomic E-state index is 2.79. The zero-order chi connectivity index (χ0) is 49.8. The van der Waals surface area contributed by atoms with Crippen LogP contribution in [-0.4, -0.2) is 6.71 Å². The first-order valence-corrected chi connectivity index (χ1v) is 27.6. The first kappa shape index (κ1) is 46.3. The minimum Gasteiger partial charge on any atom is -0.311 e. The molecule has 3 unspecified atom stereocenters. The van der Waals surface area contributed by atoms with Crippen LogP contribution in [0.1, 0.15) is 181 Å². The molecule has 0 radical (unpaired) electrons. The average molecular weight is 941 g/mol. The summed E-state index contributed by atoms with van der Waals surface area (Å²) < 4.78 is 1.42. The number of allylic oxidation sites excluding steroid dienone is 4. The van der Waals surface area contributed by atoms with E-state index in [0.717, 1.165) is 6.42 Å². The van der Waals surface area contributed by atoms with E-state index in [1.165, 1.54) is 107 Å². The lowest BCUT2D eigenvalue weighted by Crippen LogP contribution is -2.61. The van der Waals surface area contributed by atoms with Crippen LogP contribution in [0.3, 0.4) is 0 Å². The molecular formula is C66H77BN2S. The van der Waals surface area contributed by atoms with Crippen molar-refractivity contribution in [1.29, 1.82) is 0 Å². The lowest BCUT2D eigenvalue weighted by atomic mass is 9.33. The first-order chi connectivity index (χ1) is 32.6. The molecule has 6 aliphatic rings. The van der Waals surface area contributed by atoms with Gasteiger partial charge in [-0.2, -0.15) is 0 Å². The highest BCUT2D eigenvalue weighted by atomic mass is 32.1. The van der Waals surface area contributed by atoms with Crippen LogP contribution in [0.4, 0.5) is 33.4 Å². The van der Waals surface area contributed by atoms with Crippen molar-refractivity contribution < 1.29 is 0 Å². The summed E-state index contributed by atoms with van der Waals surface area (Å²) in [7, 11) is 0. The van der Waals surface area contributed by atoms with E-state index in [9.17, 15) is 0 Å². The summed E-state index contributed by atoms with van der Waals surface area (Å²) in [5.74, 6) is 0.569. The Morgan fingerprint density at radius 2 is 1.17 bits per heavy atom. The molecule has 0 N–H and O–H groups in total. The maximum atomic E-state index is 2.79. The molecule has 3 aliphatic heterocycles. The topological polar surface area (TPSA) is 6.48 Å². The van der Waals surface area contributed by atoms with Gasteiger partial charge in [-0.15, -0.1) is 11.3 Å². The molecule has 0 saturated heterocycles. The second kappa shape index (κ2) is 14.5. The standard InChI is InChI=1S/C66H77BN2S/c1-38-30-54-58-55(31-38)69(52-24-20-41(61(6,7)8)33-45(52)44-35-48-47(32-39(44)2)62(9,10)26-27-63(48,11)12)59-57-46-36-50-49(37-56(46)70-59)64(13,14)28-29-66(50,17)65(15,16)42-21-25-53(51(34-42)67(57)58)68(54)43-22-18-40(19-23-43)60(3,4)5/h18-25,30-37,39,44H,26-29H2,1-17H3. The second-order valence-corrected chi connectivity index (χ2v) is 28.8. The highest BCUT2D eigenvalue weighted by molar-refractivity contribution is 7.26.